The second-order valence-electron chi connectivity index (χ2n) is 5.72. The molecular weight excluding hydrogens is 264 g/mol. The lowest BCUT2D eigenvalue weighted by Crippen LogP contribution is -2.34. The standard InChI is InChI=1S/C15H22N6/c1-11-9-18-20(2)14(11)10-21-8-4-3-5-13(21)12-6-7-17-15(16)19-12/h6-7,9,13H,3-5,8,10H2,1-2H3,(H2,16,17,19). The highest BCUT2D eigenvalue weighted by Gasteiger charge is 2.26. The fourth-order valence-corrected chi connectivity index (χ4v) is 3.08. The SMILES string of the molecule is Cc1cnn(C)c1CN1CCCCC1c1ccnc(N)n1. The van der Waals surface area contributed by atoms with Crippen LogP contribution in [0, 0.1) is 6.92 Å². The molecule has 2 N–H and O–H groups in total. The molecule has 6 heteroatoms. The third-order valence-corrected chi connectivity index (χ3v) is 4.27. The van der Waals surface area contributed by atoms with E-state index in [1.807, 2.05) is 24.0 Å². The number of aryl methyl sites for hydroxylation is 2. The van der Waals surface area contributed by atoms with Gasteiger partial charge in [-0.05, 0) is 37.9 Å². The molecule has 0 bridgehead atoms. The number of nitrogens with two attached hydrogens (primary N) is 1. The summed E-state index contributed by atoms with van der Waals surface area (Å²) in [7, 11) is 2.00. The van der Waals surface area contributed by atoms with Gasteiger partial charge in [-0.15, -0.1) is 0 Å². The van der Waals surface area contributed by atoms with E-state index >= 15 is 0 Å². The molecule has 2 aromatic heterocycles. The molecular formula is C15H22N6. The van der Waals surface area contributed by atoms with E-state index in [0.29, 0.717) is 12.0 Å². The zero-order valence-corrected chi connectivity index (χ0v) is 12.7. The van der Waals surface area contributed by atoms with Crippen molar-refractivity contribution in [3.8, 4) is 0 Å². The largest absolute Gasteiger partial charge is 0.368 e. The molecule has 0 aliphatic carbocycles. The average molecular weight is 286 g/mol. The Kier molecular flexibility index (Phi) is 3.88. The lowest BCUT2D eigenvalue weighted by atomic mass is 9.98. The van der Waals surface area contributed by atoms with E-state index in [-0.39, 0.29) is 0 Å². The monoisotopic (exact) mass is 286 g/mol. The maximum absolute atomic E-state index is 5.74. The Balaban J connectivity index is 1.85. The van der Waals surface area contributed by atoms with Crippen molar-refractivity contribution in [2.24, 2.45) is 7.05 Å². The highest BCUT2D eigenvalue weighted by molar-refractivity contribution is 5.21. The first-order chi connectivity index (χ1) is 10.1. The van der Waals surface area contributed by atoms with Crippen molar-refractivity contribution in [2.75, 3.05) is 12.3 Å². The second kappa shape index (κ2) is 5.81. The molecule has 0 amide bonds. The van der Waals surface area contributed by atoms with Gasteiger partial charge in [-0.2, -0.15) is 5.10 Å². The van der Waals surface area contributed by atoms with E-state index in [4.69, 9.17) is 5.73 Å². The Morgan fingerprint density at radius 3 is 2.95 bits per heavy atom. The van der Waals surface area contributed by atoms with Gasteiger partial charge in [0.25, 0.3) is 0 Å². The van der Waals surface area contributed by atoms with Crippen LogP contribution in [0.3, 0.4) is 0 Å². The predicted octanol–water partition coefficient (Wildman–Crippen LogP) is 1.83. The van der Waals surface area contributed by atoms with Crippen molar-refractivity contribution in [3.05, 3.63) is 35.4 Å². The van der Waals surface area contributed by atoms with Crippen molar-refractivity contribution in [1.29, 1.82) is 0 Å². The summed E-state index contributed by atoms with van der Waals surface area (Å²) in [6.07, 6.45) is 7.26. The van der Waals surface area contributed by atoms with Crippen LogP contribution < -0.4 is 5.73 Å². The van der Waals surface area contributed by atoms with Crippen molar-refractivity contribution in [2.45, 2.75) is 38.8 Å². The molecule has 1 unspecified atom stereocenters. The molecule has 21 heavy (non-hydrogen) atoms. The number of hydrogen-bond donors (Lipinski definition) is 1. The molecule has 1 saturated heterocycles. The van der Waals surface area contributed by atoms with Gasteiger partial charge in [-0.3, -0.25) is 9.58 Å². The Morgan fingerprint density at radius 1 is 1.38 bits per heavy atom. The lowest BCUT2D eigenvalue weighted by Gasteiger charge is -2.35. The molecule has 0 aromatic carbocycles. The van der Waals surface area contributed by atoms with E-state index in [1.54, 1.807) is 6.20 Å². The van der Waals surface area contributed by atoms with Crippen molar-refractivity contribution >= 4 is 5.95 Å². The Bertz CT molecular complexity index is 601. The van der Waals surface area contributed by atoms with Gasteiger partial charge in [0.1, 0.15) is 0 Å². The summed E-state index contributed by atoms with van der Waals surface area (Å²) in [5, 5.41) is 4.34. The summed E-state index contributed by atoms with van der Waals surface area (Å²) in [5.41, 5.74) is 9.28. The zero-order valence-electron chi connectivity index (χ0n) is 12.7. The van der Waals surface area contributed by atoms with Crippen LogP contribution in [0.4, 0.5) is 5.95 Å². The molecule has 0 radical (unpaired) electrons. The van der Waals surface area contributed by atoms with Gasteiger partial charge in [-0.1, -0.05) is 6.42 Å². The molecule has 6 nitrogen and oxygen atoms in total. The molecule has 0 saturated carbocycles. The van der Waals surface area contributed by atoms with E-state index in [0.717, 1.165) is 25.2 Å². The van der Waals surface area contributed by atoms with Crippen molar-refractivity contribution in [3.63, 3.8) is 0 Å². The summed E-state index contributed by atoms with van der Waals surface area (Å²) in [5.74, 6) is 0.356. The quantitative estimate of drug-likeness (QED) is 0.932. The minimum Gasteiger partial charge on any atom is -0.368 e. The van der Waals surface area contributed by atoms with E-state index < -0.39 is 0 Å². The van der Waals surface area contributed by atoms with Gasteiger partial charge in [0, 0.05) is 19.8 Å². The Morgan fingerprint density at radius 2 is 2.24 bits per heavy atom. The fraction of sp³-hybridized carbons (Fsp3) is 0.533. The minimum atomic E-state index is 0.318. The summed E-state index contributed by atoms with van der Waals surface area (Å²) >= 11 is 0. The molecule has 1 atom stereocenters. The normalized spacial score (nSPS) is 19.8. The van der Waals surface area contributed by atoms with E-state index in [9.17, 15) is 0 Å². The number of rotatable bonds is 3. The number of piperidine rings is 1. The smallest absolute Gasteiger partial charge is 0.220 e. The number of aromatic nitrogens is 4. The van der Waals surface area contributed by atoms with Gasteiger partial charge in [0.15, 0.2) is 0 Å². The third-order valence-electron chi connectivity index (χ3n) is 4.27. The summed E-state index contributed by atoms with van der Waals surface area (Å²) in [6.45, 7) is 4.10. The molecule has 3 rings (SSSR count). The van der Waals surface area contributed by atoms with E-state index in [1.165, 1.54) is 24.1 Å². The topological polar surface area (TPSA) is 72.9 Å². The van der Waals surface area contributed by atoms with Gasteiger partial charge in [0.2, 0.25) is 5.95 Å². The van der Waals surface area contributed by atoms with Gasteiger partial charge in [0.05, 0.1) is 23.6 Å². The summed E-state index contributed by atoms with van der Waals surface area (Å²) in [4.78, 5) is 10.9. The summed E-state index contributed by atoms with van der Waals surface area (Å²) < 4.78 is 1.97. The van der Waals surface area contributed by atoms with Gasteiger partial charge in [-0.25, -0.2) is 9.97 Å². The number of nitrogens with zero attached hydrogens (tertiary/aromatic N) is 5. The maximum atomic E-state index is 5.74. The number of hydrogen-bond acceptors (Lipinski definition) is 5. The summed E-state index contributed by atoms with van der Waals surface area (Å²) in [6, 6.07) is 2.30. The number of anilines is 1. The Hall–Kier alpha value is -1.95. The van der Waals surface area contributed by atoms with Crippen LogP contribution in [0.1, 0.15) is 42.3 Å². The highest BCUT2D eigenvalue weighted by atomic mass is 15.3. The molecule has 0 spiro atoms. The molecule has 1 aliphatic rings. The van der Waals surface area contributed by atoms with Crippen LogP contribution in [0.2, 0.25) is 0 Å². The van der Waals surface area contributed by atoms with Crippen LogP contribution in [0.5, 0.6) is 0 Å². The zero-order chi connectivity index (χ0) is 14.8. The van der Waals surface area contributed by atoms with Crippen molar-refractivity contribution < 1.29 is 0 Å². The first-order valence-corrected chi connectivity index (χ1v) is 7.45. The van der Waals surface area contributed by atoms with Gasteiger partial charge < -0.3 is 5.73 Å². The predicted molar refractivity (Wildman–Crippen MR) is 81.4 cm³/mol. The molecule has 2 aromatic rings. The number of nitrogen functional groups attached to an aromatic ring is 1. The first kappa shape index (κ1) is 14.0. The minimum absolute atomic E-state index is 0.318. The van der Waals surface area contributed by atoms with Crippen LogP contribution >= 0.6 is 0 Å². The van der Waals surface area contributed by atoms with Crippen LogP contribution in [-0.4, -0.2) is 31.2 Å². The maximum Gasteiger partial charge on any atom is 0.220 e. The van der Waals surface area contributed by atoms with Crippen LogP contribution in [0.15, 0.2) is 18.5 Å². The molecule has 112 valence electrons. The Labute approximate surface area is 125 Å². The third kappa shape index (κ3) is 2.90. The first-order valence-electron chi connectivity index (χ1n) is 7.45. The lowest BCUT2D eigenvalue weighted by molar-refractivity contribution is 0.133. The second-order valence-corrected chi connectivity index (χ2v) is 5.72. The molecule has 1 aliphatic heterocycles. The van der Waals surface area contributed by atoms with Gasteiger partial charge >= 0.3 is 0 Å². The van der Waals surface area contributed by atoms with E-state index in [2.05, 4.69) is 26.9 Å². The van der Waals surface area contributed by atoms with Crippen LogP contribution in [0.25, 0.3) is 0 Å². The highest BCUT2D eigenvalue weighted by Crippen LogP contribution is 2.31. The molecule has 3 heterocycles. The fourth-order valence-electron chi connectivity index (χ4n) is 3.08. The number of likely N-dealkylation sites (tertiary alicyclic amines) is 1. The average Bonchev–Trinajstić information content (AvgIpc) is 2.80. The van der Waals surface area contributed by atoms with Crippen molar-refractivity contribution in [1.82, 2.24) is 24.6 Å². The van der Waals surface area contributed by atoms with Crippen LogP contribution in [-0.2, 0) is 13.6 Å². The molecule has 1 fully saturated rings.